The van der Waals surface area contributed by atoms with Crippen LogP contribution in [-0.4, -0.2) is 114 Å². The molecule has 0 amide bonds. The molecule has 0 aliphatic heterocycles. The predicted molar refractivity (Wildman–Crippen MR) is 140 cm³/mol. The lowest BCUT2D eigenvalue weighted by Crippen LogP contribution is -2.31. The van der Waals surface area contributed by atoms with Crippen LogP contribution in [0.1, 0.15) is 5.56 Å². The molecule has 10 N–H and O–H groups in total. The molecule has 0 saturated carbocycles. The number of rotatable bonds is 14. The zero-order chi connectivity index (χ0) is 33.5. The highest BCUT2D eigenvalue weighted by atomic mass is 33.1. The van der Waals surface area contributed by atoms with Crippen molar-refractivity contribution in [3.63, 3.8) is 0 Å². The number of hydrogen-bond donors (Lipinski definition) is 10. The van der Waals surface area contributed by atoms with E-state index in [1.54, 1.807) is 0 Å². The van der Waals surface area contributed by atoms with Crippen LogP contribution in [0.4, 0.5) is 13.2 Å². The Labute approximate surface area is 245 Å². The number of nitrogens with zero attached hydrogens (tertiary/aromatic N) is 1. The van der Waals surface area contributed by atoms with Crippen LogP contribution in [0.15, 0.2) is 29.2 Å². The maximum atomic E-state index is 11.9. The van der Waals surface area contributed by atoms with Crippen LogP contribution < -0.4 is 0 Å². The highest BCUT2D eigenvalue weighted by molar-refractivity contribution is 8.77. The number of aliphatic hydroxyl groups is 2. The second kappa shape index (κ2) is 19.4. The van der Waals surface area contributed by atoms with Gasteiger partial charge in [0.1, 0.15) is 12.6 Å². The zero-order valence-electron chi connectivity index (χ0n) is 20.4. The van der Waals surface area contributed by atoms with Crippen molar-refractivity contribution >= 4 is 72.4 Å². The van der Waals surface area contributed by atoms with E-state index in [0.29, 0.717) is 32.1 Å². The smallest absolute Gasteiger partial charge is 0.446 e. The maximum Gasteiger partial charge on any atom is 0.446 e. The van der Waals surface area contributed by atoms with Crippen LogP contribution in [0, 0.1) is 0 Å². The molecule has 2 atom stereocenters. The molecule has 0 radical (unpaired) electrons. The minimum absolute atomic E-state index is 0.0524. The van der Waals surface area contributed by atoms with E-state index in [9.17, 15) is 41.5 Å². The first-order valence-electron chi connectivity index (χ1n) is 10.0. The van der Waals surface area contributed by atoms with Gasteiger partial charge in [-0.05, 0) is 51.0 Å². The summed E-state index contributed by atoms with van der Waals surface area (Å²) in [6.07, 6.45) is -2.20. The quantitative estimate of drug-likeness (QED) is 0.0550. The molecule has 1 rings (SSSR count). The van der Waals surface area contributed by atoms with Gasteiger partial charge in [-0.3, -0.25) is 23.6 Å². The molecule has 0 fully saturated rings. The highest BCUT2D eigenvalue weighted by Crippen LogP contribution is 2.40. The van der Waals surface area contributed by atoms with Crippen molar-refractivity contribution < 1.29 is 91.7 Å². The van der Waals surface area contributed by atoms with Crippen molar-refractivity contribution in [2.75, 3.05) is 19.1 Å². The molecule has 0 saturated heterocycles. The summed E-state index contributed by atoms with van der Waals surface area (Å²) in [5.74, 6) is -5.40. The third-order valence-electron chi connectivity index (χ3n) is 3.30. The number of alkyl halides is 3. The highest BCUT2D eigenvalue weighted by Gasteiger charge is 2.29. The zero-order valence-corrected chi connectivity index (χ0v) is 24.7. The number of aliphatic hydroxyl groups excluding tert-OH is 2. The van der Waals surface area contributed by atoms with Gasteiger partial charge in [-0.1, -0.05) is 12.1 Å². The Bertz CT molecular complexity index is 1090. The standard InChI is InChI=1S/C9H7F3O2S.C4H11NO8P2.C4H6O6S2/c10-9(11,12)15-7-3-1-6(2-4-7)5-8(13)14;6-4(7)1-5(2-14(8,9)10)3-15(11,12)13;5-1(6)3(9)11-12-4(10)2(7)8/h1-4H,5H2,(H,13,14);1-3H2,(H,6,7)(H2,8,9,10)(H2,11,12,13);3-4,9-10H,(H,5,6)(H,7,8). The monoisotopic (exact) mass is 713 g/mol. The Morgan fingerprint density at radius 3 is 1.40 bits per heavy atom. The van der Waals surface area contributed by atoms with Crippen molar-refractivity contribution in [3.05, 3.63) is 29.8 Å². The molecule has 17 nitrogen and oxygen atoms in total. The molecule has 242 valence electrons. The lowest BCUT2D eigenvalue weighted by atomic mass is 10.2. The van der Waals surface area contributed by atoms with E-state index in [4.69, 9.17) is 50.2 Å². The Kier molecular flexibility index (Phi) is 19.5. The van der Waals surface area contributed by atoms with E-state index >= 15 is 0 Å². The van der Waals surface area contributed by atoms with Gasteiger partial charge in [0.05, 0.1) is 13.0 Å². The van der Waals surface area contributed by atoms with Gasteiger partial charge >= 0.3 is 44.6 Å². The second-order valence-electron chi connectivity index (χ2n) is 7.17. The fourth-order valence-corrected chi connectivity index (χ4v) is 5.67. The van der Waals surface area contributed by atoms with E-state index in [-0.39, 0.29) is 23.1 Å². The number of aliphatic carboxylic acids is 4. The lowest BCUT2D eigenvalue weighted by Gasteiger charge is -2.20. The minimum atomic E-state index is -4.54. The van der Waals surface area contributed by atoms with Gasteiger partial charge in [-0.2, -0.15) is 13.2 Å². The van der Waals surface area contributed by atoms with Crippen LogP contribution in [0.5, 0.6) is 0 Å². The van der Waals surface area contributed by atoms with Gasteiger partial charge in [-0.25, -0.2) is 9.59 Å². The molecule has 2 unspecified atom stereocenters. The molecule has 0 spiro atoms. The lowest BCUT2D eigenvalue weighted by molar-refractivity contribution is -0.142. The Morgan fingerprint density at radius 1 is 0.762 bits per heavy atom. The van der Waals surface area contributed by atoms with Gasteiger partial charge in [0.15, 0.2) is 0 Å². The molecular formula is C17H24F3NO16P2S3. The van der Waals surface area contributed by atoms with Crippen molar-refractivity contribution in [1.82, 2.24) is 4.90 Å². The van der Waals surface area contributed by atoms with Gasteiger partial charge in [0.25, 0.3) is 0 Å². The molecule has 0 aliphatic carbocycles. The third kappa shape index (κ3) is 27.0. The van der Waals surface area contributed by atoms with Crippen molar-refractivity contribution in [2.24, 2.45) is 0 Å². The Morgan fingerprint density at radius 2 is 1.14 bits per heavy atom. The van der Waals surface area contributed by atoms with Crippen LogP contribution in [0.25, 0.3) is 0 Å². The topological polar surface area (TPSA) is 308 Å². The van der Waals surface area contributed by atoms with E-state index in [1.165, 1.54) is 24.3 Å². The summed E-state index contributed by atoms with van der Waals surface area (Å²) in [6.45, 7) is -0.851. The third-order valence-corrected chi connectivity index (χ3v) is 7.88. The van der Waals surface area contributed by atoms with Gasteiger partial charge in [0, 0.05) is 4.90 Å². The number of carboxylic acid groups (broad SMARTS) is 4. The molecule has 0 heterocycles. The van der Waals surface area contributed by atoms with E-state index in [0.717, 1.165) is 0 Å². The average molecular weight is 714 g/mol. The number of carboxylic acids is 4. The van der Waals surface area contributed by atoms with Crippen molar-refractivity contribution in [3.8, 4) is 0 Å². The average Bonchev–Trinajstić information content (AvgIpc) is 2.75. The fraction of sp³-hybridized carbons (Fsp3) is 0.412. The van der Waals surface area contributed by atoms with Crippen LogP contribution in [-0.2, 0) is 34.7 Å². The number of halogens is 3. The van der Waals surface area contributed by atoms with E-state index in [1.807, 2.05) is 0 Å². The van der Waals surface area contributed by atoms with Gasteiger partial charge in [-0.15, -0.1) is 0 Å². The van der Waals surface area contributed by atoms with E-state index < -0.39 is 74.6 Å². The first-order valence-corrected chi connectivity index (χ1v) is 16.7. The molecule has 0 aromatic heterocycles. The molecule has 1 aromatic rings. The number of hydrogen-bond acceptors (Lipinski definition) is 12. The molecule has 25 heteroatoms. The SMILES string of the molecule is O=C(O)C(O)SSC(O)C(=O)O.O=C(O)CN(CP(=O)(O)O)CP(=O)(O)O.O=C(O)Cc1ccc(SC(F)(F)F)cc1. The van der Waals surface area contributed by atoms with Gasteiger partial charge in [0.2, 0.25) is 10.9 Å². The number of benzene rings is 1. The summed E-state index contributed by atoms with van der Waals surface area (Å²) >= 11 is -0.219. The first kappa shape index (κ1) is 42.3. The summed E-state index contributed by atoms with van der Waals surface area (Å²) in [7, 11) is -8.36. The molecule has 42 heavy (non-hydrogen) atoms. The van der Waals surface area contributed by atoms with Crippen LogP contribution in [0.2, 0.25) is 0 Å². The second-order valence-corrected chi connectivity index (χ2v) is 14.0. The molecule has 0 aliphatic rings. The number of thioether (sulfide) groups is 1. The molecule has 0 bridgehead atoms. The Hall–Kier alpha value is -1.88. The summed E-state index contributed by atoms with van der Waals surface area (Å²) in [5.41, 5.74) is -7.30. The fourth-order valence-electron chi connectivity index (χ4n) is 2.03. The van der Waals surface area contributed by atoms with Crippen molar-refractivity contribution in [1.29, 1.82) is 0 Å². The van der Waals surface area contributed by atoms with Crippen LogP contribution >= 0.6 is 48.5 Å². The minimum Gasteiger partial charge on any atom is -0.481 e. The summed E-state index contributed by atoms with van der Waals surface area (Å²) < 4.78 is 56.8. The number of carbonyl (C=O) groups is 4. The summed E-state index contributed by atoms with van der Waals surface area (Å²) in [6, 6.07) is 5.28. The first-order chi connectivity index (χ1) is 18.8. The van der Waals surface area contributed by atoms with Crippen LogP contribution in [0.3, 0.4) is 0 Å². The normalized spacial score (nSPS) is 13.1. The largest absolute Gasteiger partial charge is 0.481 e. The van der Waals surface area contributed by atoms with E-state index in [2.05, 4.69) is 0 Å². The summed E-state index contributed by atoms with van der Waals surface area (Å²) in [5, 5.41) is 50.2. The molecule has 1 aromatic carbocycles. The predicted octanol–water partition coefficient (Wildman–Crippen LogP) is 0.743. The summed E-state index contributed by atoms with van der Waals surface area (Å²) in [4.78, 5) is 75.1. The Balaban J connectivity index is 0. The molecular weight excluding hydrogens is 689 g/mol. The van der Waals surface area contributed by atoms with Crippen molar-refractivity contribution in [2.45, 2.75) is 27.7 Å². The van der Waals surface area contributed by atoms with Gasteiger partial charge < -0.3 is 50.2 Å². The maximum absolute atomic E-state index is 11.9.